The molecule has 37 heavy (non-hydrogen) atoms. The number of nitrogens with one attached hydrogen (secondary N) is 1. The van der Waals surface area contributed by atoms with Crippen LogP contribution in [-0.2, 0) is 10.0 Å². The molecule has 1 aliphatic heterocycles. The molecule has 0 bridgehead atoms. The van der Waals surface area contributed by atoms with Gasteiger partial charge in [0.05, 0.1) is 35.9 Å². The summed E-state index contributed by atoms with van der Waals surface area (Å²) < 4.78 is 40.8. The monoisotopic (exact) mass is 531 g/mol. The molecule has 1 heterocycles. The third kappa shape index (κ3) is 6.37. The molecule has 202 valence electrons. The summed E-state index contributed by atoms with van der Waals surface area (Å²) in [5.41, 5.74) is 0.458. The molecule has 1 saturated carbocycles. The normalized spacial score (nSPS) is 21.0. The molecule has 3 atom stereocenters. The minimum Gasteiger partial charge on any atom is -0.497 e. The molecule has 2 aromatic rings. The van der Waals surface area contributed by atoms with Crippen molar-refractivity contribution < 1.29 is 27.8 Å². The fourth-order valence-electron chi connectivity index (χ4n) is 4.62. The number of para-hydroxylation sites is 1. The summed E-state index contributed by atoms with van der Waals surface area (Å²) in [5.74, 6) is 1.09. The topological polar surface area (TPSA) is 108 Å². The van der Waals surface area contributed by atoms with Gasteiger partial charge >= 0.3 is 0 Å². The Bertz CT molecular complexity index is 1200. The van der Waals surface area contributed by atoms with Crippen molar-refractivity contribution in [3.05, 3.63) is 48.0 Å². The maximum Gasteiger partial charge on any atom is 0.262 e. The van der Waals surface area contributed by atoms with Crippen LogP contribution in [0, 0.1) is 11.8 Å². The molecule has 0 unspecified atom stereocenters. The number of hydrogen-bond donors (Lipinski definition) is 2. The van der Waals surface area contributed by atoms with Gasteiger partial charge in [-0.1, -0.05) is 13.0 Å². The van der Waals surface area contributed by atoms with E-state index in [4.69, 9.17) is 9.47 Å². The van der Waals surface area contributed by atoms with E-state index in [2.05, 4.69) is 16.7 Å². The van der Waals surface area contributed by atoms with Crippen LogP contribution in [0.15, 0.2) is 47.4 Å². The summed E-state index contributed by atoms with van der Waals surface area (Å²) in [6.45, 7) is 5.67. The van der Waals surface area contributed by atoms with Crippen molar-refractivity contribution in [1.29, 1.82) is 0 Å². The van der Waals surface area contributed by atoms with Crippen molar-refractivity contribution in [2.24, 2.45) is 11.8 Å². The highest BCUT2D eigenvalue weighted by Gasteiger charge is 2.35. The number of sulfonamides is 1. The number of fused-ring (bicyclic) bond motifs is 1. The number of carbonyl (C=O) groups is 1. The Hall–Kier alpha value is -2.82. The first-order valence-corrected chi connectivity index (χ1v) is 14.2. The van der Waals surface area contributed by atoms with Gasteiger partial charge in [-0.2, -0.15) is 0 Å². The number of rotatable bonds is 10. The lowest BCUT2D eigenvalue weighted by molar-refractivity contribution is 0.0346. The predicted octanol–water partition coefficient (Wildman–Crippen LogP) is 3.06. The van der Waals surface area contributed by atoms with Crippen LogP contribution in [0.3, 0.4) is 0 Å². The molecule has 2 aliphatic rings. The predicted molar refractivity (Wildman–Crippen MR) is 142 cm³/mol. The first kappa shape index (κ1) is 27.2. The Kier molecular flexibility index (Phi) is 8.30. The van der Waals surface area contributed by atoms with E-state index in [9.17, 15) is 18.3 Å². The average molecular weight is 532 g/mol. The number of carbonyl (C=O) groups excluding carboxylic acids is 1. The molecule has 0 spiro atoms. The maximum atomic E-state index is 13.6. The highest BCUT2D eigenvalue weighted by Crippen LogP contribution is 2.36. The van der Waals surface area contributed by atoms with E-state index < -0.39 is 16.1 Å². The Morgan fingerprint density at radius 3 is 2.51 bits per heavy atom. The average Bonchev–Trinajstić information content (AvgIpc) is 3.69. The van der Waals surface area contributed by atoms with Gasteiger partial charge in [-0.25, -0.2) is 8.42 Å². The van der Waals surface area contributed by atoms with Gasteiger partial charge in [0.1, 0.15) is 11.9 Å². The number of aliphatic hydroxyl groups is 1. The molecular weight excluding hydrogens is 494 g/mol. The fraction of sp³-hybridized carbons (Fsp3) is 0.519. The molecule has 1 amide bonds. The molecule has 0 aromatic heterocycles. The molecule has 1 aliphatic carbocycles. The van der Waals surface area contributed by atoms with E-state index >= 15 is 0 Å². The van der Waals surface area contributed by atoms with Crippen LogP contribution < -0.4 is 14.2 Å². The smallest absolute Gasteiger partial charge is 0.262 e. The third-order valence-corrected chi connectivity index (χ3v) is 8.45. The minimum atomic E-state index is -3.97. The van der Waals surface area contributed by atoms with Gasteiger partial charge in [-0.05, 0) is 69.1 Å². The van der Waals surface area contributed by atoms with Crippen LogP contribution >= 0.6 is 0 Å². The summed E-state index contributed by atoms with van der Waals surface area (Å²) in [4.78, 5) is 17.6. The van der Waals surface area contributed by atoms with Gasteiger partial charge in [0.25, 0.3) is 15.9 Å². The van der Waals surface area contributed by atoms with Gasteiger partial charge in [0, 0.05) is 25.6 Å². The van der Waals surface area contributed by atoms with Gasteiger partial charge < -0.3 is 24.4 Å². The second kappa shape index (κ2) is 11.3. The molecule has 2 aromatic carbocycles. The summed E-state index contributed by atoms with van der Waals surface area (Å²) in [6, 6.07) is 10.5. The summed E-state index contributed by atoms with van der Waals surface area (Å²) in [7, 11) is -0.394. The van der Waals surface area contributed by atoms with Crippen LogP contribution in [-0.4, -0.2) is 81.8 Å². The van der Waals surface area contributed by atoms with Crippen molar-refractivity contribution in [1.82, 2.24) is 9.80 Å². The zero-order valence-corrected chi connectivity index (χ0v) is 22.7. The lowest BCUT2D eigenvalue weighted by Crippen LogP contribution is -2.50. The van der Waals surface area contributed by atoms with E-state index in [0.29, 0.717) is 24.8 Å². The molecule has 4 rings (SSSR count). The molecule has 9 nitrogen and oxygen atoms in total. The van der Waals surface area contributed by atoms with Crippen LogP contribution in [0.2, 0.25) is 0 Å². The number of ether oxygens (including phenoxy) is 2. The molecule has 1 fully saturated rings. The maximum absolute atomic E-state index is 13.6. The number of aliphatic hydroxyl groups excluding tert-OH is 1. The first-order valence-electron chi connectivity index (χ1n) is 12.7. The highest BCUT2D eigenvalue weighted by atomic mass is 32.2. The van der Waals surface area contributed by atoms with Crippen molar-refractivity contribution in [3.8, 4) is 11.5 Å². The van der Waals surface area contributed by atoms with Crippen molar-refractivity contribution in [3.63, 3.8) is 0 Å². The molecule has 2 N–H and O–H groups in total. The number of hydrogen-bond acceptors (Lipinski definition) is 7. The van der Waals surface area contributed by atoms with Crippen LogP contribution in [0.5, 0.6) is 11.5 Å². The zero-order chi connectivity index (χ0) is 26.7. The lowest BCUT2D eigenvalue weighted by Gasteiger charge is -2.38. The SMILES string of the molecule is COc1ccc(S(=O)(=O)Nc2cccc3c2O[C@@H](CN(C)CC2CC2)[C@@H](C)CN([C@H](C)CO)C3=O)cc1. The number of benzene rings is 2. The number of methoxy groups -OCH3 is 1. The fourth-order valence-corrected chi connectivity index (χ4v) is 5.69. The zero-order valence-electron chi connectivity index (χ0n) is 21.9. The van der Waals surface area contributed by atoms with Crippen LogP contribution in [0.4, 0.5) is 5.69 Å². The Morgan fingerprint density at radius 1 is 1.19 bits per heavy atom. The molecular formula is C27H37N3O6S. The second-order valence-corrected chi connectivity index (χ2v) is 11.9. The largest absolute Gasteiger partial charge is 0.497 e. The number of anilines is 1. The Labute approximate surface area is 219 Å². The summed E-state index contributed by atoms with van der Waals surface area (Å²) >= 11 is 0. The van der Waals surface area contributed by atoms with Crippen molar-refractivity contribution in [2.75, 3.05) is 45.1 Å². The number of amides is 1. The lowest BCUT2D eigenvalue weighted by atomic mass is 9.99. The van der Waals surface area contributed by atoms with E-state index in [-0.39, 0.29) is 46.4 Å². The molecule has 10 heteroatoms. The quantitative estimate of drug-likeness (QED) is 0.485. The van der Waals surface area contributed by atoms with Crippen molar-refractivity contribution in [2.45, 2.75) is 43.7 Å². The first-order chi connectivity index (χ1) is 17.6. The van der Waals surface area contributed by atoms with E-state index in [1.165, 1.54) is 32.1 Å². The van der Waals surface area contributed by atoms with Crippen molar-refractivity contribution >= 4 is 21.6 Å². The van der Waals surface area contributed by atoms with E-state index in [1.807, 2.05) is 6.92 Å². The Balaban J connectivity index is 1.71. The Morgan fingerprint density at radius 2 is 1.89 bits per heavy atom. The third-order valence-electron chi connectivity index (χ3n) is 7.06. The van der Waals surface area contributed by atoms with Gasteiger partial charge in [0.15, 0.2) is 5.75 Å². The standard InChI is InChI=1S/C27H37N3O6S/c1-18-14-30(19(2)17-31)27(32)23-6-5-7-24(26(23)36-25(18)16-29(3)15-20-8-9-20)28-37(33,34)22-12-10-21(35-4)11-13-22/h5-7,10-13,18-20,25,28,31H,8-9,14-17H2,1-4H3/t18-,19+,25-/m0/s1. The van der Waals surface area contributed by atoms with Gasteiger partial charge in [0.2, 0.25) is 0 Å². The number of likely N-dealkylation sites (N-methyl/N-ethyl adjacent to an activating group) is 1. The molecule has 0 saturated heterocycles. The second-order valence-electron chi connectivity index (χ2n) is 10.3. The van der Waals surface area contributed by atoms with Gasteiger partial charge in [-0.15, -0.1) is 0 Å². The van der Waals surface area contributed by atoms with E-state index in [1.54, 1.807) is 42.2 Å². The van der Waals surface area contributed by atoms with Crippen LogP contribution in [0.1, 0.15) is 37.0 Å². The highest BCUT2D eigenvalue weighted by molar-refractivity contribution is 7.92. The number of nitrogens with zero attached hydrogens (tertiary/aromatic N) is 2. The summed E-state index contributed by atoms with van der Waals surface area (Å²) in [6.07, 6.45) is 2.18. The van der Waals surface area contributed by atoms with E-state index in [0.717, 1.165) is 6.54 Å². The molecule has 0 radical (unpaired) electrons. The van der Waals surface area contributed by atoms with Crippen LogP contribution in [0.25, 0.3) is 0 Å². The minimum absolute atomic E-state index is 0.0565. The summed E-state index contributed by atoms with van der Waals surface area (Å²) in [5, 5.41) is 9.86. The van der Waals surface area contributed by atoms with Gasteiger partial charge in [-0.3, -0.25) is 9.52 Å².